The zero-order valence-corrected chi connectivity index (χ0v) is 14.4. The molecule has 3 aromatic rings. The molecule has 0 spiro atoms. The number of benzene rings is 2. The van der Waals surface area contributed by atoms with Crippen molar-refractivity contribution < 1.29 is 9.90 Å². The second-order valence-corrected chi connectivity index (χ2v) is 6.05. The Labute approximate surface area is 149 Å². The van der Waals surface area contributed by atoms with Gasteiger partial charge < -0.3 is 15.4 Å². The number of carboxylic acid groups (broad SMARTS) is 1. The molecule has 0 amide bonds. The van der Waals surface area contributed by atoms with Gasteiger partial charge in [0.05, 0.1) is 16.2 Å². The van der Waals surface area contributed by atoms with E-state index in [0.717, 1.165) is 11.1 Å². The van der Waals surface area contributed by atoms with Gasteiger partial charge in [0.1, 0.15) is 5.56 Å². The Hall–Kier alpha value is -2.79. The number of aromatic amines is 1. The Morgan fingerprint density at radius 1 is 1.28 bits per heavy atom. The molecular weight excluding hydrogens is 340 g/mol. The Kier molecular flexibility index (Phi) is 4.76. The van der Waals surface area contributed by atoms with E-state index in [2.05, 4.69) is 10.3 Å². The van der Waals surface area contributed by atoms with Crippen LogP contribution in [-0.4, -0.2) is 16.1 Å². The first-order valence-corrected chi connectivity index (χ1v) is 8.28. The minimum Gasteiger partial charge on any atom is -0.477 e. The molecule has 6 heteroatoms. The standard InChI is InChI=1S/C19H17ClN2O3/c1-2-12-16(20)15(21-9-11-6-4-3-5-7-11)8-13-17(12)22-10-14(18(13)23)19(24)25/h3-8,10,21H,2,9H2,1H3,(H,22,23)(H,24,25). The Morgan fingerprint density at radius 2 is 2.00 bits per heavy atom. The van der Waals surface area contributed by atoms with E-state index in [1.54, 1.807) is 6.07 Å². The van der Waals surface area contributed by atoms with Crippen LogP contribution >= 0.6 is 11.6 Å². The maximum Gasteiger partial charge on any atom is 0.341 e. The number of hydrogen-bond donors (Lipinski definition) is 3. The highest BCUT2D eigenvalue weighted by Gasteiger charge is 2.17. The van der Waals surface area contributed by atoms with Gasteiger partial charge in [-0.25, -0.2) is 4.79 Å². The molecule has 0 unspecified atom stereocenters. The van der Waals surface area contributed by atoms with E-state index in [-0.39, 0.29) is 5.56 Å². The number of pyridine rings is 1. The molecule has 1 heterocycles. The van der Waals surface area contributed by atoms with E-state index in [1.165, 1.54) is 6.20 Å². The number of aryl methyl sites for hydroxylation is 1. The topological polar surface area (TPSA) is 82.2 Å². The summed E-state index contributed by atoms with van der Waals surface area (Å²) in [6.07, 6.45) is 1.83. The molecule has 0 aliphatic rings. The van der Waals surface area contributed by atoms with Gasteiger partial charge in [0.25, 0.3) is 0 Å². The summed E-state index contributed by atoms with van der Waals surface area (Å²) in [5, 5.41) is 13.3. The lowest BCUT2D eigenvalue weighted by molar-refractivity contribution is 0.0695. The summed E-state index contributed by atoms with van der Waals surface area (Å²) in [6.45, 7) is 2.48. The Balaban J connectivity index is 2.12. The lowest BCUT2D eigenvalue weighted by atomic mass is 10.0. The van der Waals surface area contributed by atoms with Crippen LogP contribution in [0.15, 0.2) is 47.4 Å². The Bertz CT molecular complexity index is 997. The average Bonchev–Trinajstić information content (AvgIpc) is 2.61. The van der Waals surface area contributed by atoms with Gasteiger partial charge in [0.15, 0.2) is 0 Å². The number of H-pyrrole nitrogens is 1. The number of halogens is 1. The third-order valence-corrected chi connectivity index (χ3v) is 4.55. The minimum absolute atomic E-state index is 0.286. The zero-order chi connectivity index (χ0) is 18.0. The van der Waals surface area contributed by atoms with E-state index in [1.807, 2.05) is 37.3 Å². The first-order chi connectivity index (χ1) is 12.0. The van der Waals surface area contributed by atoms with Gasteiger partial charge in [0, 0.05) is 18.1 Å². The lowest BCUT2D eigenvalue weighted by Gasteiger charge is -2.14. The van der Waals surface area contributed by atoms with Crippen molar-refractivity contribution in [3.05, 3.63) is 74.5 Å². The molecule has 0 aliphatic carbocycles. The van der Waals surface area contributed by atoms with Crippen molar-refractivity contribution >= 4 is 34.2 Å². The number of nitrogens with one attached hydrogen (secondary N) is 2. The molecule has 3 N–H and O–H groups in total. The predicted molar refractivity (Wildman–Crippen MR) is 99.7 cm³/mol. The van der Waals surface area contributed by atoms with E-state index in [0.29, 0.717) is 34.6 Å². The van der Waals surface area contributed by atoms with Gasteiger partial charge in [-0.3, -0.25) is 4.79 Å². The van der Waals surface area contributed by atoms with Crippen LogP contribution in [0, 0.1) is 0 Å². The molecule has 25 heavy (non-hydrogen) atoms. The number of rotatable bonds is 5. The van der Waals surface area contributed by atoms with Crippen molar-refractivity contribution in [2.45, 2.75) is 19.9 Å². The van der Waals surface area contributed by atoms with Gasteiger partial charge in [-0.1, -0.05) is 48.9 Å². The number of aromatic carboxylic acids is 1. The fraction of sp³-hybridized carbons (Fsp3) is 0.158. The van der Waals surface area contributed by atoms with Crippen molar-refractivity contribution in [1.29, 1.82) is 0 Å². The van der Waals surface area contributed by atoms with Crippen LogP contribution in [0.3, 0.4) is 0 Å². The first kappa shape index (κ1) is 17.0. The van der Waals surface area contributed by atoms with E-state index in [9.17, 15) is 9.59 Å². The summed E-state index contributed by atoms with van der Waals surface area (Å²) >= 11 is 6.51. The highest BCUT2D eigenvalue weighted by Crippen LogP contribution is 2.32. The van der Waals surface area contributed by atoms with Crippen LogP contribution in [0.5, 0.6) is 0 Å². The van der Waals surface area contributed by atoms with Crippen LogP contribution < -0.4 is 10.7 Å². The minimum atomic E-state index is -1.25. The molecule has 0 fully saturated rings. The van der Waals surface area contributed by atoms with E-state index in [4.69, 9.17) is 16.7 Å². The molecule has 0 saturated carbocycles. The molecule has 1 aromatic heterocycles. The molecule has 3 rings (SSSR count). The third-order valence-electron chi connectivity index (χ3n) is 4.12. The summed E-state index contributed by atoms with van der Waals surface area (Å²) in [7, 11) is 0. The maximum absolute atomic E-state index is 12.5. The van der Waals surface area contributed by atoms with Crippen LogP contribution in [0.25, 0.3) is 10.9 Å². The van der Waals surface area contributed by atoms with Gasteiger partial charge in [-0.2, -0.15) is 0 Å². The van der Waals surface area contributed by atoms with Crippen LogP contribution in [0.1, 0.15) is 28.4 Å². The van der Waals surface area contributed by atoms with Crippen LogP contribution in [0.4, 0.5) is 5.69 Å². The Morgan fingerprint density at radius 3 is 2.64 bits per heavy atom. The highest BCUT2D eigenvalue weighted by atomic mass is 35.5. The molecule has 0 saturated heterocycles. The molecule has 0 radical (unpaired) electrons. The maximum atomic E-state index is 12.5. The number of anilines is 1. The van der Waals surface area contributed by atoms with Gasteiger partial charge in [0.2, 0.25) is 5.43 Å². The fourth-order valence-corrected chi connectivity index (χ4v) is 3.18. The van der Waals surface area contributed by atoms with E-state index >= 15 is 0 Å². The molecule has 0 atom stereocenters. The van der Waals surface area contributed by atoms with Gasteiger partial charge in [-0.15, -0.1) is 0 Å². The summed E-state index contributed by atoms with van der Waals surface area (Å²) in [4.78, 5) is 26.6. The summed E-state index contributed by atoms with van der Waals surface area (Å²) in [6, 6.07) is 11.4. The largest absolute Gasteiger partial charge is 0.477 e. The van der Waals surface area contributed by atoms with Crippen LogP contribution in [-0.2, 0) is 13.0 Å². The normalized spacial score (nSPS) is 10.8. The SMILES string of the molecule is CCc1c(Cl)c(NCc2ccccc2)cc2c(=O)c(C(=O)O)c[nH]c12. The second-order valence-electron chi connectivity index (χ2n) is 5.67. The zero-order valence-electron chi connectivity index (χ0n) is 13.6. The lowest BCUT2D eigenvalue weighted by Crippen LogP contribution is -2.16. The number of carbonyl (C=O) groups is 1. The molecule has 0 bridgehead atoms. The van der Waals surface area contributed by atoms with Gasteiger partial charge >= 0.3 is 5.97 Å². The molecule has 0 aliphatic heterocycles. The summed E-state index contributed by atoms with van der Waals surface area (Å²) in [5.41, 5.74) is 2.24. The second kappa shape index (κ2) is 6.99. The average molecular weight is 357 g/mol. The molecule has 5 nitrogen and oxygen atoms in total. The number of aromatic nitrogens is 1. The van der Waals surface area contributed by atoms with Crippen molar-refractivity contribution in [3.63, 3.8) is 0 Å². The van der Waals surface area contributed by atoms with Crippen molar-refractivity contribution in [2.75, 3.05) is 5.32 Å². The molecule has 128 valence electrons. The fourth-order valence-electron chi connectivity index (χ4n) is 2.83. The molecule has 2 aromatic carbocycles. The quantitative estimate of drug-likeness (QED) is 0.644. The summed E-state index contributed by atoms with van der Waals surface area (Å²) in [5.74, 6) is -1.25. The van der Waals surface area contributed by atoms with E-state index < -0.39 is 11.4 Å². The first-order valence-electron chi connectivity index (χ1n) is 7.90. The summed E-state index contributed by atoms with van der Waals surface area (Å²) < 4.78 is 0. The predicted octanol–water partition coefficient (Wildman–Crippen LogP) is 4.05. The van der Waals surface area contributed by atoms with Crippen molar-refractivity contribution in [3.8, 4) is 0 Å². The van der Waals surface area contributed by atoms with Crippen molar-refractivity contribution in [1.82, 2.24) is 4.98 Å². The van der Waals surface area contributed by atoms with Crippen molar-refractivity contribution in [2.24, 2.45) is 0 Å². The highest BCUT2D eigenvalue weighted by molar-refractivity contribution is 6.35. The number of hydrogen-bond acceptors (Lipinski definition) is 3. The smallest absolute Gasteiger partial charge is 0.341 e. The third kappa shape index (κ3) is 3.23. The van der Waals surface area contributed by atoms with Gasteiger partial charge in [-0.05, 0) is 23.6 Å². The monoisotopic (exact) mass is 356 g/mol. The number of fused-ring (bicyclic) bond motifs is 1. The number of carboxylic acids is 1. The van der Waals surface area contributed by atoms with Crippen LogP contribution in [0.2, 0.25) is 5.02 Å². The molecular formula is C19H17ClN2O3.